The predicted octanol–water partition coefficient (Wildman–Crippen LogP) is 2.55. The lowest BCUT2D eigenvalue weighted by molar-refractivity contribution is -0.133. The van der Waals surface area contributed by atoms with E-state index in [4.69, 9.17) is 4.98 Å². The Hall–Kier alpha value is -2.27. The zero-order chi connectivity index (χ0) is 18.1. The first-order chi connectivity index (χ1) is 12.6. The van der Waals surface area contributed by atoms with Crippen LogP contribution in [0.25, 0.3) is 0 Å². The third kappa shape index (κ3) is 3.36. The highest BCUT2D eigenvalue weighted by Gasteiger charge is 2.28. The highest BCUT2D eigenvalue weighted by Crippen LogP contribution is 2.25. The number of aryl methyl sites for hydroxylation is 1. The molecule has 0 bridgehead atoms. The molecule has 0 spiro atoms. The van der Waals surface area contributed by atoms with E-state index in [0.29, 0.717) is 12.5 Å². The molecule has 0 saturated carbocycles. The molecule has 2 atom stereocenters. The van der Waals surface area contributed by atoms with E-state index >= 15 is 0 Å². The maximum absolute atomic E-state index is 12.9. The second-order valence-electron chi connectivity index (χ2n) is 7.53. The quantitative estimate of drug-likeness (QED) is 0.924. The number of carbonyl (C=O) groups is 1. The van der Waals surface area contributed by atoms with Gasteiger partial charge in [-0.25, -0.2) is 9.97 Å². The Labute approximate surface area is 154 Å². The smallest absolute Gasteiger partial charge is 0.230 e. The van der Waals surface area contributed by atoms with Crippen molar-refractivity contribution in [2.24, 2.45) is 0 Å². The molecule has 1 saturated heterocycles. The fourth-order valence-electron chi connectivity index (χ4n) is 3.86. The molecule has 0 aliphatic carbocycles. The molecular formula is C21H26N4O. The van der Waals surface area contributed by atoms with Gasteiger partial charge in [0, 0.05) is 43.7 Å². The van der Waals surface area contributed by atoms with Gasteiger partial charge in [-0.3, -0.25) is 4.79 Å². The average Bonchev–Trinajstić information content (AvgIpc) is 3.21. The molecule has 5 nitrogen and oxygen atoms in total. The third-order valence-corrected chi connectivity index (χ3v) is 5.64. The van der Waals surface area contributed by atoms with Crippen molar-refractivity contribution in [1.29, 1.82) is 0 Å². The summed E-state index contributed by atoms with van der Waals surface area (Å²) in [4.78, 5) is 24.3. The summed E-state index contributed by atoms with van der Waals surface area (Å²) in [6.07, 6.45) is 3.86. The van der Waals surface area contributed by atoms with E-state index in [0.717, 1.165) is 55.1 Å². The second-order valence-corrected chi connectivity index (χ2v) is 7.53. The fraction of sp³-hybridized carbons (Fsp3) is 0.476. The molecule has 0 radical (unpaired) electrons. The zero-order valence-electron chi connectivity index (χ0n) is 15.5. The lowest BCUT2D eigenvalue weighted by Crippen LogP contribution is -2.39. The minimum Gasteiger partial charge on any atom is -0.337 e. The van der Waals surface area contributed by atoms with E-state index in [1.807, 2.05) is 18.0 Å². The Morgan fingerprint density at radius 3 is 2.85 bits per heavy atom. The fourth-order valence-corrected chi connectivity index (χ4v) is 3.86. The summed E-state index contributed by atoms with van der Waals surface area (Å²) in [6.45, 7) is 7.43. The predicted molar refractivity (Wildman–Crippen MR) is 101 cm³/mol. The summed E-state index contributed by atoms with van der Waals surface area (Å²) >= 11 is 0. The molecule has 2 aromatic rings. The topological polar surface area (TPSA) is 58.1 Å². The minimum atomic E-state index is -0.123. The minimum absolute atomic E-state index is 0.123. The summed E-state index contributed by atoms with van der Waals surface area (Å²) in [5, 5.41) is 3.37. The van der Waals surface area contributed by atoms with Crippen LogP contribution in [0.2, 0.25) is 0 Å². The lowest BCUT2D eigenvalue weighted by atomic mass is 9.97. The largest absolute Gasteiger partial charge is 0.337 e. The van der Waals surface area contributed by atoms with Gasteiger partial charge in [-0.2, -0.15) is 0 Å². The molecule has 1 fully saturated rings. The van der Waals surface area contributed by atoms with Gasteiger partial charge in [-0.05, 0) is 32.4 Å². The van der Waals surface area contributed by atoms with Gasteiger partial charge in [0.15, 0.2) is 0 Å². The van der Waals surface area contributed by atoms with E-state index in [-0.39, 0.29) is 11.8 Å². The number of rotatable bonds is 3. The first-order valence-electron chi connectivity index (χ1n) is 9.52. The first-order valence-corrected chi connectivity index (χ1v) is 9.52. The lowest BCUT2D eigenvalue weighted by Gasteiger charge is -2.30. The van der Waals surface area contributed by atoms with Crippen molar-refractivity contribution in [2.75, 3.05) is 19.6 Å². The monoisotopic (exact) mass is 350 g/mol. The van der Waals surface area contributed by atoms with Gasteiger partial charge in [-0.1, -0.05) is 29.8 Å². The molecule has 1 amide bonds. The molecule has 1 N–H and O–H groups in total. The Bertz CT molecular complexity index is 796. The molecular weight excluding hydrogens is 324 g/mol. The number of fused-ring (bicyclic) bond motifs is 1. The van der Waals surface area contributed by atoms with Crippen LogP contribution in [0.15, 0.2) is 30.5 Å². The van der Waals surface area contributed by atoms with Gasteiger partial charge < -0.3 is 10.2 Å². The van der Waals surface area contributed by atoms with Crippen LogP contribution < -0.4 is 5.32 Å². The molecule has 2 aliphatic heterocycles. The van der Waals surface area contributed by atoms with Crippen LogP contribution in [0, 0.1) is 6.92 Å². The van der Waals surface area contributed by atoms with Crippen molar-refractivity contribution in [3.63, 3.8) is 0 Å². The molecule has 136 valence electrons. The van der Waals surface area contributed by atoms with E-state index < -0.39 is 0 Å². The number of aromatic nitrogens is 2. The van der Waals surface area contributed by atoms with Crippen LogP contribution in [-0.2, 0) is 17.8 Å². The van der Waals surface area contributed by atoms with Crippen LogP contribution >= 0.6 is 0 Å². The molecule has 1 aromatic carbocycles. The number of nitrogens with one attached hydrogen (secondary N) is 1. The Kier molecular flexibility index (Phi) is 4.72. The highest BCUT2D eigenvalue weighted by atomic mass is 16.2. The highest BCUT2D eigenvalue weighted by molar-refractivity contribution is 5.83. The summed E-state index contributed by atoms with van der Waals surface area (Å²) in [5.74, 6) is 1.45. The van der Waals surface area contributed by atoms with E-state index in [1.54, 1.807) is 0 Å². The van der Waals surface area contributed by atoms with Crippen molar-refractivity contribution in [1.82, 2.24) is 20.2 Å². The van der Waals surface area contributed by atoms with Gasteiger partial charge in [0.05, 0.1) is 11.6 Å². The van der Waals surface area contributed by atoms with E-state index in [1.165, 1.54) is 5.56 Å². The van der Waals surface area contributed by atoms with Gasteiger partial charge in [0.25, 0.3) is 0 Å². The Morgan fingerprint density at radius 2 is 2.12 bits per heavy atom. The van der Waals surface area contributed by atoms with Crippen molar-refractivity contribution >= 4 is 5.91 Å². The van der Waals surface area contributed by atoms with Crippen molar-refractivity contribution in [3.8, 4) is 0 Å². The van der Waals surface area contributed by atoms with Gasteiger partial charge in [0.1, 0.15) is 5.82 Å². The molecule has 3 heterocycles. The number of nitrogens with zero attached hydrogens (tertiary/aromatic N) is 3. The molecule has 2 aliphatic rings. The molecule has 4 rings (SSSR count). The Balaban J connectivity index is 1.47. The number of carbonyl (C=O) groups excluding carboxylic acids is 1. The van der Waals surface area contributed by atoms with Gasteiger partial charge in [-0.15, -0.1) is 0 Å². The van der Waals surface area contributed by atoms with Crippen LogP contribution in [0.3, 0.4) is 0 Å². The summed E-state index contributed by atoms with van der Waals surface area (Å²) < 4.78 is 0. The maximum Gasteiger partial charge on any atom is 0.230 e. The maximum atomic E-state index is 12.9. The third-order valence-electron chi connectivity index (χ3n) is 5.64. The van der Waals surface area contributed by atoms with Crippen LogP contribution in [0.5, 0.6) is 0 Å². The molecule has 26 heavy (non-hydrogen) atoms. The van der Waals surface area contributed by atoms with Gasteiger partial charge in [0.2, 0.25) is 5.91 Å². The summed E-state index contributed by atoms with van der Waals surface area (Å²) in [6, 6.07) is 8.25. The zero-order valence-corrected chi connectivity index (χ0v) is 15.5. The van der Waals surface area contributed by atoms with E-state index in [2.05, 4.69) is 41.5 Å². The van der Waals surface area contributed by atoms with Crippen molar-refractivity contribution < 1.29 is 4.79 Å². The van der Waals surface area contributed by atoms with Crippen LogP contribution in [-0.4, -0.2) is 40.4 Å². The van der Waals surface area contributed by atoms with Crippen LogP contribution in [0.1, 0.15) is 53.4 Å². The Morgan fingerprint density at radius 1 is 1.31 bits per heavy atom. The molecule has 5 heteroatoms. The molecule has 0 unspecified atom stereocenters. The van der Waals surface area contributed by atoms with E-state index in [9.17, 15) is 4.79 Å². The van der Waals surface area contributed by atoms with Crippen LogP contribution in [0.4, 0.5) is 0 Å². The summed E-state index contributed by atoms with van der Waals surface area (Å²) in [5.41, 5.74) is 4.50. The SMILES string of the molecule is Cc1ccc([C@@H](C)C(=O)N2CCc3nc([C@@H]4CCNC4)ncc3C2)cc1. The number of hydrogen-bond acceptors (Lipinski definition) is 4. The normalized spacial score (nSPS) is 20.7. The first kappa shape index (κ1) is 17.2. The van der Waals surface area contributed by atoms with Gasteiger partial charge >= 0.3 is 0 Å². The number of amides is 1. The van der Waals surface area contributed by atoms with Crippen molar-refractivity contribution in [2.45, 2.75) is 45.1 Å². The number of benzene rings is 1. The standard InChI is InChI=1S/C21H26N4O/c1-14-3-5-16(6-4-14)15(2)21(26)25-10-8-19-18(13-25)12-23-20(24-19)17-7-9-22-11-17/h3-6,12,15,17,22H,7-11,13H2,1-2H3/t15-,17-/m1/s1. The average molecular weight is 350 g/mol. The number of hydrogen-bond donors (Lipinski definition) is 1. The second kappa shape index (κ2) is 7.16. The molecule has 1 aromatic heterocycles. The van der Waals surface area contributed by atoms with Crippen molar-refractivity contribution in [3.05, 3.63) is 58.7 Å². The summed E-state index contributed by atoms with van der Waals surface area (Å²) in [7, 11) is 0.